The Morgan fingerprint density at radius 1 is 1.57 bits per heavy atom. The van der Waals surface area contributed by atoms with Gasteiger partial charge in [0.1, 0.15) is 0 Å². The van der Waals surface area contributed by atoms with Crippen LogP contribution in [0.15, 0.2) is 0 Å². The number of halogens is 1. The molecule has 0 aliphatic heterocycles. The monoisotopic (exact) mass is 219 g/mol. The van der Waals surface area contributed by atoms with E-state index in [2.05, 4.69) is 26.1 Å². The SMILES string of the molecule is COCCC(C)NC1CC(Cl)C1(C)C. The summed E-state index contributed by atoms with van der Waals surface area (Å²) >= 11 is 6.16. The summed E-state index contributed by atoms with van der Waals surface area (Å²) in [5.41, 5.74) is 0.239. The highest BCUT2D eigenvalue weighted by molar-refractivity contribution is 6.21. The summed E-state index contributed by atoms with van der Waals surface area (Å²) in [5, 5.41) is 3.94. The van der Waals surface area contributed by atoms with Gasteiger partial charge in [0.05, 0.1) is 0 Å². The predicted molar refractivity (Wildman–Crippen MR) is 60.9 cm³/mol. The lowest BCUT2D eigenvalue weighted by atomic mass is 9.66. The maximum Gasteiger partial charge on any atom is 0.0476 e. The molecule has 1 N–H and O–H groups in total. The fourth-order valence-corrected chi connectivity index (χ4v) is 2.21. The third kappa shape index (κ3) is 2.62. The molecule has 0 amide bonds. The van der Waals surface area contributed by atoms with Crippen molar-refractivity contribution in [1.82, 2.24) is 5.32 Å². The Hall–Kier alpha value is 0.210. The molecule has 14 heavy (non-hydrogen) atoms. The van der Waals surface area contributed by atoms with Crippen molar-refractivity contribution in [3.05, 3.63) is 0 Å². The van der Waals surface area contributed by atoms with Crippen LogP contribution in [0.1, 0.15) is 33.6 Å². The molecule has 3 unspecified atom stereocenters. The number of hydrogen-bond donors (Lipinski definition) is 1. The lowest BCUT2D eigenvalue weighted by Gasteiger charge is -2.50. The summed E-state index contributed by atoms with van der Waals surface area (Å²) in [5.74, 6) is 0. The van der Waals surface area contributed by atoms with E-state index in [-0.39, 0.29) is 5.41 Å². The molecular formula is C11H22ClNO. The van der Waals surface area contributed by atoms with Gasteiger partial charge in [0, 0.05) is 31.2 Å². The molecule has 0 spiro atoms. The Morgan fingerprint density at radius 3 is 2.64 bits per heavy atom. The smallest absolute Gasteiger partial charge is 0.0476 e. The van der Waals surface area contributed by atoms with Gasteiger partial charge in [-0.15, -0.1) is 11.6 Å². The molecule has 0 aromatic carbocycles. The summed E-state index contributed by atoms with van der Waals surface area (Å²) in [6.45, 7) is 7.49. The lowest BCUT2D eigenvalue weighted by Crippen LogP contribution is -2.59. The van der Waals surface area contributed by atoms with Gasteiger partial charge in [-0.3, -0.25) is 0 Å². The van der Waals surface area contributed by atoms with E-state index in [4.69, 9.17) is 16.3 Å². The highest BCUT2D eigenvalue weighted by atomic mass is 35.5. The number of hydrogen-bond acceptors (Lipinski definition) is 2. The molecule has 0 bridgehead atoms. The van der Waals surface area contributed by atoms with Gasteiger partial charge in [-0.05, 0) is 25.2 Å². The van der Waals surface area contributed by atoms with Crippen molar-refractivity contribution in [2.75, 3.05) is 13.7 Å². The minimum Gasteiger partial charge on any atom is -0.385 e. The first kappa shape index (κ1) is 12.3. The average molecular weight is 220 g/mol. The molecule has 1 aliphatic rings. The largest absolute Gasteiger partial charge is 0.385 e. The fourth-order valence-electron chi connectivity index (χ4n) is 1.88. The topological polar surface area (TPSA) is 21.3 Å². The molecule has 84 valence electrons. The number of ether oxygens (including phenoxy) is 1. The van der Waals surface area contributed by atoms with Crippen LogP contribution in [-0.2, 0) is 4.74 Å². The van der Waals surface area contributed by atoms with E-state index in [9.17, 15) is 0 Å². The van der Waals surface area contributed by atoms with Crippen LogP contribution in [0.25, 0.3) is 0 Å². The molecule has 3 atom stereocenters. The summed E-state index contributed by atoms with van der Waals surface area (Å²) < 4.78 is 5.05. The first-order valence-electron chi connectivity index (χ1n) is 5.37. The van der Waals surface area contributed by atoms with Crippen molar-refractivity contribution in [2.24, 2.45) is 5.41 Å². The molecule has 0 heterocycles. The summed E-state index contributed by atoms with van der Waals surface area (Å²) in [4.78, 5) is 0. The number of alkyl halides is 1. The van der Waals surface area contributed by atoms with Gasteiger partial charge >= 0.3 is 0 Å². The van der Waals surface area contributed by atoms with Crippen molar-refractivity contribution >= 4 is 11.6 Å². The molecule has 1 fully saturated rings. The molecule has 0 aromatic rings. The van der Waals surface area contributed by atoms with Gasteiger partial charge in [-0.2, -0.15) is 0 Å². The lowest BCUT2D eigenvalue weighted by molar-refractivity contribution is 0.0989. The average Bonchev–Trinajstić information content (AvgIpc) is 2.14. The summed E-state index contributed by atoms with van der Waals surface area (Å²) in [7, 11) is 1.74. The zero-order valence-electron chi connectivity index (χ0n) is 9.64. The van der Waals surface area contributed by atoms with Gasteiger partial charge in [0.25, 0.3) is 0 Å². The summed E-state index contributed by atoms with van der Waals surface area (Å²) in [6.07, 6.45) is 2.15. The van der Waals surface area contributed by atoms with E-state index in [1.54, 1.807) is 7.11 Å². The first-order valence-corrected chi connectivity index (χ1v) is 5.81. The molecule has 3 heteroatoms. The molecule has 2 nitrogen and oxygen atoms in total. The van der Waals surface area contributed by atoms with Gasteiger partial charge in [-0.25, -0.2) is 0 Å². The normalized spacial score (nSPS) is 32.4. The Kier molecular flexibility index (Phi) is 4.23. The minimum atomic E-state index is 0.239. The zero-order chi connectivity index (χ0) is 10.8. The Morgan fingerprint density at radius 2 is 2.21 bits per heavy atom. The van der Waals surface area contributed by atoms with Crippen LogP contribution in [0.2, 0.25) is 0 Å². The molecule has 1 saturated carbocycles. The highest BCUT2D eigenvalue weighted by Gasteiger charge is 2.47. The van der Waals surface area contributed by atoms with Crippen LogP contribution in [0.3, 0.4) is 0 Å². The van der Waals surface area contributed by atoms with Crippen LogP contribution >= 0.6 is 11.6 Å². The van der Waals surface area contributed by atoms with Crippen LogP contribution < -0.4 is 5.32 Å². The second kappa shape index (κ2) is 4.82. The van der Waals surface area contributed by atoms with Crippen molar-refractivity contribution in [2.45, 2.75) is 51.1 Å². The van der Waals surface area contributed by atoms with Crippen molar-refractivity contribution in [1.29, 1.82) is 0 Å². The van der Waals surface area contributed by atoms with Gasteiger partial charge in [-0.1, -0.05) is 13.8 Å². The third-order valence-corrected chi connectivity index (χ3v) is 4.13. The van der Waals surface area contributed by atoms with E-state index < -0.39 is 0 Å². The molecule has 0 radical (unpaired) electrons. The van der Waals surface area contributed by atoms with Crippen LogP contribution in [0.4, 0.5) is 0 Å². The molecule has 0 saturated heterocycles. The molecular weight excluding hydrogens is 198 g/mol. The van der Waals surface area contributed by atoms with E-state index >= 15 is 0 Å². The van der Waals surface area contributed by atoms with Crippen LogP contribution in [0, 0.1) is 5.41 Å². The maximum absolute atomic E-state index is 6.16. The second-order valence-corrected chi connectivity index (χ2v) is 5.45. The first-order chi connectivity index (χ1) is 6.48. The second-order valence-electron chi connectivity index (χ2n) is 4.93. The van der Waals surface area contributed by atoms with Crippen molar-refractivity contribution < 1.29 is 4.74 Å². The molecule has 1 aliphatic carbocycles. The molecule has 0 aromatic heterocycles. The standard InChI is InChI=1S/C11H22ClNO/c1-8(5-6-14-4)13-10-7-9(12)11(10,2)3/h8-10,13H,5-7H2,1-4H3. The highest BCUT2D eigenvalue weighted by Crippen LogP contribution is 2.44. The molecule has 1 rings (SSSR count). The van der Waals surface area contributed by atoms with Gasteiger partial charge in [0.15, 0.2) is 0 Å². The Bertz CT molecular complexity index is 184. The van der Waals surface area contributed by atoms with Gasteiger partial charge < -0.3 is 10.1 Å². The quantitative estimate of drug-likeness (QED) is 0.718. The fraction of sp³-hybridized carbons (Fsp3) is 1.00. The van der Waals surface area contributed by atoms with E-state index in [0.717, 1.165) is 19.4 Å². The zero-order valence-corrected chi connectivity index (χ0v) is 10.4. The van der Waals surface area contributed by atoms with E-state index in [1.165, 1.54) is 0 Å². The maximum atomic E-state index is 6.16. The van der Waals surface area contributed by atoms with Crippen LogP contribution in [0.5, 0.6) is 0 Å². The van der Waals surface area contributed by atoms with Crippen LogP contribution in [-0.4, -0.2) is 31.2 Å². The number of methoxy groups -OCH3 is 1. The number of nitrogens with one attached hydrogen (secondary N) is 1. The summed E-state index contributed by atoms with van der Waals surface area (Å²) in [6, 6.07) is 1.08. The van der Waals surface area contributed by atoms with Gasteiger partial charge in [0.2, 0.25) is 0 Å². The predicted octanol–water partition coefficient (Wildman–Crippen LogP) is 2.41. The van der Waals surface area contributed by atoms with Crippen molar-refractivity contribution in [3.63, 3.8) is 0 Å². The number of rotatable bonds is 5. The Labute approximate surface area is 92.3 Å². The Balaban J connectivity index is 2.25. The third-order valence-electron chi connectivity index (χ3n) is 3.39. The minimum absolute atomic E-state index is 0.239. The van der Waals surface area contributed by atoms with Crippen molar-refractivity contribution in [3.8, 4) is 0 Å². The van der Waals surface area contributed by atoms with E-state index in [0.29, 0.717) is 17.5 Å². The van der Waals surface area contributed by atoms with E-state index in [1.807, 2.05) is 0 Å².